The quantitative estimate of drug-likeness (QED) is 0.592. The van der Waals surface area contributed by atoms with Crippen molar-refractivity contribution in [2.75, 3.05) is 0 Å². The molecule has 23 heavy (non-hydrogen) atoms. The number of fused-ring (bicyclic) bond motifs is 1. The van der Waals surface area contributed by atoms with Crippen LogP contribution in [-0.2, 0) is 9.53 Å². The van der Waals surface area contributed by atoms with Gasteiger partial charge in [-0.15, -0.1) is 0 Å². The number of benzene rings is 1. The van der Waals surface area contributed by atoms with Crippen molar-refractivity contribution in [2.24, 2.45) is 0 Å². The summed E-state index contributed by atoms with van der Waals surface area (Å²) in [7, 11) is 0. The zero-order chi connectivity index (χ0) is 16.7. The summed E-state index contributed by atoms with van der Waals surface area (Å²) in [6.45, 7) is 0. The molecule has 2 aromatic rings. The van der Waals surface area contributed by atoms with Crippen LogP contribution in [0.4, 0.5) is 0 Å². The SMILES string of the molecule is O=C(O)[C@H]1O[C@@H](Oc2noc3cc(Cl)ccc23)[C@H](O)[C@@H](O)[C@@H]1O. The van der Waals surface area contributed by atoms with Gasteiger partial charge in [-0.1, -0.05) is 11.6 Å². The fourth-order valence-electron chi connectivity index (χ4n) is 2.23. The highest BCUT2D eigenvalue weighted by molar-refractivity contribution is 6.31. The third-order valence-electron chi connectivity index (χ3n) is 3.44. The summed E-state index contributed by atoms with van der Waals surface area (Å²) < 4.78 is 15.3. The Hall–Kier alpha value is -1.91. The molecule has 0 amide bonds. The zero-order valence-corrected chi connectivity index (χ0v) is 12.1. The van der Waals surface area contributed by atoms with E-state index in [0.717, 1.165) is 0 Å². The molecule has 124 valence electrons. The van der Waals surface area contributed by atoms with Gasteiger partial charge in [0.05, 0.1) is 5.39 Å². The maximum atomic E-state index is 11.0. The van der Waals surface area contributed by atoms with Crippen molar-refractivity contribution < 1.29 is 39.2 Å². The predicted molar refractivity (Wildman–Crippen MR) is 74.0 cm³/mol. The van der Waals surface area contributed by atoms with Gasteiger partial charge >= 0.3 is 5.97 Å². The van der Waals surface area contributed by atoms with Gasteiger partial charge in [0.25, 0.3) is 5.88 Å². The fraction of sp³-hybridized carbons (Fsp3) is 0.385. The smallest absolute Gasteiger partial charge is 0.335 e. The first-order valence-corrected chi connectivity index (χ1v) is 6.90. The Labute approximate surface area is 133 Å². The van der Waals surface area contributed by atoms with Crippen molar-refractivity contribution in [3.8, 4) is 5.88 Å². The van der Waals surface area contributed by atoms with E-state index in [2.05, 4.69) is 5.16 Å². The second kappa shape index (κ2) is 5.95. The van der Waals surface area contributed by atoms with E-state index in [0.29, 0.717) is 16.0 Å². The molecule has 0 radical (unpaired) electrons. The van der Waals surface area contributed by atoms with E-state index in [-0.39, 0.29) is 5.88 Å². The highest BCUT2D eigenvalue weighted by Gasteiger charge is 2.48. The molecule has 1 saturated heterocycles. The first kappa shape index (κ1) is 16.0. The van der Waals surface area contributed by atoms with E-state index in [4.69, 9.17) is 30.7 Å². The van der Waals surface area contributed by atoms with Gasteiger partial charge in [0.15, 0.2) is 11.7 Å². The number of nitrogens with zero attached hydrogens (tertiary/aromatic N) is 1. The van der Waals surface area contributed by atoms with Gasteiger partial charge in [-0.2, -0.15) is 0 Å². The van der Waals surface area contributed by atoms with E-state index in [9.17, 15) is 20.1 Å². The Morgan fingerprint density at radius 3 is 2.65 bits per heavy atom. The maximum Gasteiger partial charge on any atom is 0.335 e. The van der Waals surface area contributed by atoms with Crippen LogP contribution < -0.4 is 4.74 Å². The van der Waals surface area contributed by atoms with Gasteiger partial charge in [-0.25, -0.2) is 4.79 Å². The number of ether oxygens (including phenoxy) is 2. The Balaban J connectivity index is 1.86. The van der Waals surface area contributed by atoms with E-state index < -0.39 is 36.7 Å². The molecule has 5 atom stereocenters. The first-order chi connectivity index (χ1) is 10.9. The molecule has 1 aromatic heterocycles. The monoisotopic (exact) mass is 345 g/mol. The van der Waals surface area contributed by atoms with Crippen LogP contribution in [0.5, 0.6) is 5.88 Å². The Morgan fingerprint density at radius 1 is 1.22 bits per heavy atom. The lowest BCUT2D eigenvalue weighted by Gasteiger charge is -2.37. The molecular formula is C13H12ClNO8. The highest BCUT2D eigenvalue weighted by Crippen LogP contribution is 2.30. The lowest BCUT2D eigenvalue weighted by atomic mass is 9.99. The van der Waals surface area contributed by atoms with Gasteiger partial charge in [0, 0.05) is 11.1 Å². The molecule has 4 N–H and O–H groups in total. The minimum atomic E-state index is -1.80. The van der Waals surface area contributed by atoms with Gasteiger partial charge in [-0.05, 0) is 17.3 Å². The summed E-state index contributed by atoms with van der Waals surface area (Å²) in [5.74, 6) is -1.58. The van der Waals surface area contributed by atoms with Crippen LogP contribution in [0.1, 0.15) is 0 Å². The summed E-state index contributed by atoms with van der Waals surface area (Å²) in [4.78, 5) is 11.0. The van der Waals surface area contributed by atoms with Crippen molar-refractivity contribution in [1.82, 2.24) is 5.16 Å². The summed E-state index contributed by atoms with van der Waals surface area (Å²) in [6, 6.07) is 4.61. The number of aliphatic hydroxyl groups is 3. The summed E-state index contributed by atoms with van der Waals surface area (Å²) in [6.07, 6.45) is -8.55. The number of aliphatic carboxylic acids is 1. The van der Waals surface area contributed by atoms with Crippen molar-refractivity contribution >= 4 is 28.5 Å². The number of carboxylic acids is 1. The molecule has 3 rings (SSSR count). The summed E-state index contributed by atoms with van der Waals surface area (Å²) in [5.41, 5.74) is 0.313. The lowest BCUT2D eigenvalue weighted by molar-refractivity contribution is -0.271. The van der Waals surface area contributed by atoms with Gasteiger partial charge in [0.1, 0.15) is 18.3 Å². The summed E-state index contributed by atoms with van der Waals surface area (Å²) in [5, 5.41) is 42.7. The molecule has 0 aliphatic carbocycles. The summed E-state index contributed by atoms with van der Waals surface area (Å²) >= 11 is 5.81. The van der Waals surface area contributed by atoms with Crippen LogP contribution in [0.2, 0.25) is 5.02 Å². The van der Waals surface area contributed by atoms with E-state index in [1.807, 2.05) is 0 Å². The first-order valence-electron chi connectivity index (χ1n) is 6.52. The molecular weight excluding hydrogens is 334 g/mol. The van der Waals surface area contributed by atoms with Crippen LogP contribution in [0.15, 0.2) is 22.7 Å². The number of rotatable bonds is 3. The Morgan fingerprint density at radius 2 is 1.96 bits per heavy atom. The van der Waals surface area contributed by atoms with Crippen molar-refractivity contribution in [1.29, 1.82) is 0 Å². The Kier molecular flexibility index (Phi) is 4.13. The predicted octanol–water partition coefficient (Wildman–Crippen LogP) is -0.248. The van der Waals surface area contributed by atoms with Crippen LogP contribution in [0.25, 0.3) is 11.0 Å². The fourth-order valence-corrected chi connectivity index (χ4v) is 2.39. The average molecular weight is 346 g/mol. The Bertz CT molecular complexity index is 734. The number of hydrogen-bond donors (Lipinski definition) is 4. The zero-order valence-electron chi connectivity index (χ0n) is 11.4. The number of halogens is 1. The third-order valence-corrected chi connectivity index (χ3v) is 3.68. The molecule has 1 aliphatic heterocycles. The number of hydrogen-bond acceptors (Lipinski definition) is 8. The topological polar surface area (TPSA) is 142 Å². The number of carbonyl (C=O) groups is 1. The molecule has 0 saturated carbocycles. The van der Waals surface area contributed by atoms with Crippen molar-refractivity contribution in [3.63, 3.8) is 0 Å². The van der Waals surface area contributed by atoms with E-state index >= 15 is 0 Å². The standard InChI is InChI=1S/C13H12ClNO8/c14-4-1-2-5-6(3-4)23-15-11(5)22-13-9(18)7(16)8(17)10(21-13)12(19)20/h1-3,7-10,13,16-18H,(H,19,20)/t7-,8-,9+,10-,13-/m0/s1. The normalized spacial score (nSPS) is 31.2. The third kappa shape index (κ3) is 2.84. The lowest BCUT2D eigenvalue weighted by Crippen LogP contribution is -2.61. The van der Waals surface area contributed by atoms with Gasteiger partial charge < -0.3 is 34.4 Å². The molecule has 1 aliphatic rings. The van der Waals surface area contributed by atoms with Gasteiger partial charge in [0.2, 0.25) is 6.29 Å². The molecule has 0 bridgehead atoms. The minimum Gasteiger partial charge on any atom is -0.479 e. The maximum absolute atomic E-state index is 11.0. The average Bonchev–Trinajstić information content (AvgIpc) is 2.89. The molecule has 10 heteroatoms. The van der Waals surface area contributed by atoms with E-state index in [1.54, 1.807) is 12.1 Å². The van der Waals surface area contributed by atoms with Gasteiger partial charge in [-0.3, -0.25) is 0 Å². The van der Waals surface area contributed by atoms with Crippen molar-refractivity contribution in [3.05, 3.63) is 23.2 Å². The van der Waals surface area contributed by atoms with Crippen LogP contribution >= 0.6 is 11.6 Å². The highest BCUT2D eigenvalue weighted by atomic mass is 35.5. The molecule has 1 aromatic carbocycles. The number of aromatic nitrogens is 1. The largest absolute Gasteiger partial charge is 0.479 e. The van der Waals surface area contributed by atoms with Crippen molar-refractivity contribution in [2.45, 2.75) is 30.7 Å². The minimum absolute atomic E-state index is 0.0755. The van der Waals surface area contributed by atoms with Crippen LogP contribution in [0.3, 0.4) is 0 Å². The molecule has 1 fully saturated rings. The van der Waals surface area contributed by atoms with Crippen LogP contribution in [0, 0.1) is 0 Å². The number of aliphatic hydroxyl groups excluding tert-OH is 3. The van der Waals surface area contributed by atoms with E-state index in [1.165, 1.54) is 6.07 Å². The molecule has 0 spiro atoms. The molecule has 9 nitrogen and oxygen atoms in total. The second-order valence-corrected chi connectivity index (χ2v) is 5.42. The van der Waals surface area contributed by atoms with Crippen LogP contribution in [-0.4, -0.2) is 62.3 Å². The molecule has 2 heterocycles. The second-order valence-electron chi connectivity index (χ2n) is 4.98. The number of carboxylic acid groups (broad SMARTS) is 1. The molecule has 0 unspecified atom stereocenters.